The smallest absolute Gasteiger partial charge is 0.275 e. The van der Waals surface area contributed by atoms with E-state index >= 15 is 0 Å². The highest BCUT2D eigenvalue weighted by molar-refractivity contribution is 5.99. The molecule has 2 saturated heterocycles. The molecule has 3 heterocycles. The van der Waals surface area contributed by atoms with Crippen molar-refractivity contribution in [3.8, 4) is 0 Å². The number of hydrogen-bond donors (Lipinski definition) is 2. The molecule has 2 N–H and O–H groups in total. The third kappa shape index (κ3) is 3.98. The quantitative estimate of drug-likeness (QED) is 0.616. The van der Waals surface area contributed by atoms with Crippen molar-refractivity contribution in [3.05, 3.63) is 69.8 Å². The zero-order chi connectivity index (χ0) is 22.2. The molecule has 0 bridgehead atoms. The molecule has 3 aromatic rings. The lowest BCUT2D eigenvalue weighted by molar-refractivity contribution is -0.136. The topological polar surface area (TPSA) is 87.2 Å². The fraction of sp³-hybridized carbons (Fsp3) is 0.375. The molecule has 0 spiro atoms. The number of aromatic nitrogens is 2. The highest BCUT2D eigenvalue weighted by Crippen LogP contribution is 2.30. The monoisotopic (exact) mass is 436 g/mol. The van der Waals surface area contributed by atoms with Gasteiger partial charge in [0.1, 0.15) is 11.9 Å². The number of fused-ring (bicyclic) bond motifs is 1. The maximum atomic E-state index is 13.1. The molecule has 2 aromatic carbocycles. The number of nitrogens with zero attached hydrogens (tertiary/aromatic N) is 2. The number of hydrogen-bond acceptors (Lipinski definition) is 4. The molecule has 2 fully saturated rings. The van der Waals surface area contributed by atoms with Crippen molar-refractivity contribution in [1.29, 1.82) is 0 Å². The van der Waals surface area contributed by atoms with Gasteiger partial charge in [-0.2, -0.15) is 0 Å². The second kappa shape index (κ2) is 8.35. The number of amides is 2. The zero-order valence-electron chi connectivity index (χ0n) is 17.6. The van der Waals surface area contributed by atoms with Crippen LogP contribution < -0.4 is 10.9 Å². The number of H-pyrrole nitrogens is 1. The fourth-order valence-electron chi connectivity index (χ4n) is 4.83. The molecular weight excluding hydrogens is 411 g/mol. The number of rotatable bonds is 4. The number of benzene rings is 2. The molecule has 8 heteroatoms. The first-order valence-corrected chi connectivity index (χ1v) is 11.0. The molecule has 1 unspecified atom stereocenters. The van der Waals surface area contributed by atoms with E-state index in [9.17, 15) is 18.8 Å². The van der Waals surface area contributed by atoms with Gasteiger partial charge < -0.3 is 0 Å². The SMILES string of the molecule is O=C1CCC(n2[nH]c3cc(C4CCN(Cc5ccc(F)cc5)CC4)ccc3c2=O)C(=O)N1. The van der Waals surface area contributed by atoms with Gasteiger partial charge in [0.2, 0.25) is 5.91 Å². The number of carbonyl (C=O) groups is 2. The van der Waals surface area contributed by atoms with Crippen LogP contribution in [0.2, 0.25) is 0 Å². The third-order valence-corrected chi connectivity index (χ3v) is 6.63. The predicted molar refractivity (Wildman–Crippen MR) is 118 cm³/mol. The Kier molecular flexibility index (Phi) is 5.38. The summed E-state index contributed by atoms with van der Waals surface area (Å²) in [4.78, 5) is 38.8. The highest BCUT2D eigenvalue weighted by Gasteiger charge is 2.30. The Balaban J connectivity index is 1.29. The minimum atomic E-state index is -0.689. The lowest BCUT2D eigenvalue weighted by atomic mass is 9.89. The van der Waals surface area contributed by atoms with Gasteiger partial charge in [-0.1, -0.05) is 18.2 Å². The van der Waals surface area contributed by atoms with Crippen molar-refractivity contribution < 1.29 is 14.0 Å². The number of likely N-dealkylation sites (tertiary alicyclic amines) is 1. The van der Waals surface area contributed by atoms with Crippen LogP contribution in [0.1, 0.15) is 48.8 Å². The summed E-state index contributed by atoms with van der Waals surface area (Å²) in [5.74, 6) is -0.564. The average Bonchev–Trinajstić information content (AvgIpc) is 3.11. The number of carbonyl (C=O) groups excluding carboxylic acids is 2. The Labute approximate surface area is 184 Å². The second-order valence-electron chi connectivity index (χ2n) is 8.74. The van der Waals surface area contributed by atoms with Gasteiger partial charge in [-0.15, -0.1) is 0 Å². The molecule has 0 radical (unpaired) electrons. The largest absolute Gasteiger partial charge is 0.299 e. The van der Waals surface area contributed by atoms with Crippen LogP contribution in [0.25, 0.3) is 10.9 Å². The molecule has 2 aliphatic rings. The van der Waals surface area contributed by atoms with Gasteiger partial charge in [-0.3, -0.25) is 29.7 Å². The predicted octanol–water partition coefficient (Wildman–Crippen LogP) is 2.83. The molecule has 1 aromatic heterocycles. The number of halogens is 1. The standard InChI is InChI=1S/C24H25FN4O3/c25-18-4-1-15(2-5-18)14-28-11-9-16(10-12-28)17-3-6-19-20(13-17)27-29(24(19)32)21-7-8-22(30)26-23(21)31/h1-6,13,16,21,27H,7-12,14H2,(H,26,30,31). The lowest BCUT2D eigenvalue weighted by Gasteiger charge is -2.32. The van der Waals surface area contributed by atoms with Gasteiger partial charge in [-0.25, -0.2) is 9.07 Å². The Bertz CT molecular complexity index is 1220. The van der Waals surface area contributed by atoms with E-state index in [0.29, 0.717) is 23.2 Å². The van der Waals surface area contributed by atoms with Crippen molar-refractivity contribution in [3.63, 3.8) is 0 Å². The number of nitrogens with one attached hydrogen (secondary N) is 2. The van der Waals surface area contributed by atoms with E-state index in [1.165, 1.54) is 22.4 Å². The Morgan fingerprint density at radius 3 is 2.44 bits per heavy atom. The van der Waals surface area contributed by atoms with Crippen LogP contribution in [0.3, 0.4) is 0 Å². The minimum absolute atomic E-state index is 0.215. The molecular formula is C24H25FN4O3. The number of piperidine rings is 2. The van der Waals surface area contributed by atoms with E-state index in [1.807, 2.05) is 30.3 Å². The fourth-order valence-corrected chi connectivity index (χ4v) is 4.83. The first kappa shape index (κ1) is 20.6. The van der Waals surface area contributed by atoms with Gasteiger partial charge >= 0.3 is 0 Å². The summed E-state index contributed by atoms with van der Waals surface area (Å²) in [6, 6.07) is 11.8. The van der Waals surface area contributed by atoms with Crippen LogP contribution in [0.4, 0.5) is 4.39 Å². The second-order valence-corrected chi connectivity index (χ2v) is 8.74. The first-order chi connectivity index (χ1) is 15.5. The summed E-state index contributed by atoms with van der Waals surface area (Å²) in [7, 11) is 0. The summed E-state index contributed by atoms with van der Waals surface area (Å²) in [5.41, 5.74) is 2.76. The van der Waals surface area contributed by atoms with Crippen molar-refractivity contribution in [2.24, 2.45) is 0 Å². The average molecular weight is 436 g/mol. The van der Waals surface area contributed by atoms with Crippen molar-refractivity contribution in [1.82, 2.24) is 20.0 Å². The third-order valence-electron chi connectivity index (χ3n) is 6.63. The van der Waals surface area contributed by atoms with Gasteiger partial charge in [0.05, 0.1) is 10.9 Å². The molecule has 0 saturated carbocycles. The van der Waals surface area contributed by atoms with E-state index in [1.54, 1.807) is 0 Å². The molecule has 166 valence electrons. The van der Waals surface area contributed by atoms with E-state index < -0.39 is 11.9 Å². The van der Waals surface area contributed by atoms with Crippen LogP contribution in [0.5, 0.6) is 0 Å². The van der Waals surface area contributed by atoms with Crippen LogP contribution in [-0.2, 0) is 16.1 Å². The van der Waals surface area contributed by atoms with Gasteiger partial charge in [0.15, 0.2) is 0 Å². The minimum Gasteiger partial charge on any atom is -0.299 e. The number of aromatic amines is 1. The maximum Gasteiger partial charge on any atom is 0.275 e. The van der Waals surface area contributed by atoms with Crippen LogP contribution >= 0.6 is 0 Å². The summed E-state index contributed by atoms with van der Waals surface area (Å²) in [6.45, 7) is 2.72. The molecule has 7 nitrogen and oxygen atoms in total. The van der Waals surface area contributed by atoms with E-state index in [0.717, 1.165) is 38.0 Å². The van der Waals surface area contributed by atoms with Crippen molar-refractivity contribution in [2.75, 3.05) is 13.1 Å². The molecule has 5 rings (SSSR count). The lowest BCUT2D eigenvalue weighted by Crippen LogP contribution is -2.44. The van der Waals surface area contributed by atoms with Crippen LogP contribution in [-0.4, -0.2) is 39.6 Å². The normalized spacial score (nSPS) is 20.6. The summed E-state index contributed by atoms with van der Waals surface area (Å²) in [6.07, 6.45) is 2.55. The molecule has 32 heavy (non-hydrogen) atoms. The molecule has 0 aliphatic carbocycles. The summed E-state index contributed by atoms with van der Waals surface area (Å²) in [5, 5.41) is 5.95. The molecule has 2 amide bonds. The maximum absolute atomic E-state index is 13.1. The van der Waals surface area contributed by atoms with Gasteiger partial charge in [0.25, 0.3) is 11.5 Å². The highest BCUT2D eigenvalue weighted by atomic mass is 19.1. The van der Waals surface area contributed by atoms with Crippen molar-refractivity contribution >= 4 is 22.7 Å². The number of imide groups is 1. The van der Waals surface area contributed by atoms with Gasteiger partial charge in [-0.05, 0) is 73.7 Å². The zero-order valence-corrected chi connectivity index (χ0v) is 17.6. The van der Waals surface area contributed by atoms with Gasteiger partial charge in [0, 0.05) is 13.0 Å². The Morgan fingerprint density at radius 2 is 1.72 bits per heavy atom. The summed E-state index contributed by atoms with van der Waals surface area (Å²) >= 11 is 0. The van der Waals surface area contributed by atoms with E-state index in [2.05, 4.69) is 15.3 Å². The molecule has 1 atom stereocenters. The Morgan fingerprint density at radius 1 is 0.969 bits per heavy atom. The van der Waals surface area contributed by atoms with E-state index in [-0.39, 0.29) is 23.7 Å². The Hall–Kier alpha value is -3.26. The van der Waals surface area contributed by atoms with Crippen molar-refractivity contribution in [2.45, 2.75) is 44.2 Å². The molecule has 2 aliphatic heterocycles. The van der Waals surface area contributed by atoms with Crippen LogP contribution in [0, 0.1) is 5.82 Å². The van der Waals surface area contributed by atoms with Crippen LogP contribution in [0.15, 0.2) is 47.3 Å². The summed E-state index contributed by atoms with van der Waals surface area (Å²) < 4.78 is 14.5. The van der Waals surface area contributed by atoms with E-state index in [4.69, 9.17) is 0 Å². The first-order valence-electron chi connectivity index (χ1n) is 11.0.